The average molecular weight is 321 g/mol. The normalized spacial score (nSPS) is 30.3. The molecule has 1 heteroatoms. The van der Waals surface area contributed by atoms with Gasteiger partial charge in [-0.15, -0.1) is 0 Å². The fraction of sp³-hybridized carbons (Fsp3) is 0.909. The van der Waals surface area contributed by atoms with Gasteiger partial charge in [0.25, 0.3) is 0 Å². The zero-order valence-electron chi connectivity index (χ0n) is 16.2. The zero-order chi connectivity index (χ0) is 16.8. The van der Waals surface area contributed by atoms with E-state index in [1.807, 2.05) is 0 Å². The molecule has 2 aliphatic carbocycles. The summed E-state index contributed by atoms with van der Waals surface area (Å²) < 4.78 is 6.35. The molecule has 0 heterocycles. The Bertz CT molecular complexity index is 358. The van der Waals surface area contributed by atoms with Crippen molar-refractivity contribution in [3.05, 3.63) is 12.2 Å². The lowest BCUT2D eigenvalue weighted by Gasteiger charge is -2.49. The van der Waals surface area contributed by atoms with Gasteiger partial charge in [0.2, 0.25) is 0 Å². The topological polar surface area (TPSA) is 9.23 Å². The summed E-state index contributed by atoms with van der Waals surface area (Å²) in [6.45, 7) is 10.2. The maximum atomic E-state index is 6.35. The molecule has 2 atom stereocenters. The van der Waals surface area contributed by atoms with Gasteiger partial charge < -0.3 is 4.74 Å². The molecular weight excluding hydrogens is 280 g/mol. The summed E-state index contributed by atoms with van der Waals surface area (Å²) in [7, 11) is 0. The summed E-state index contributed by atoms with van der Waals surface area (Å²) in [6, 6.07) is 0. The highest BCUT2D eigenvalue weighted by Crippen LogP contribution is 2.53. The van der Waals surface area contributed by atoms with E-state index in [1.165, 1.54) is 64.2 Å². The van der Waals surface area contributed by atoms with Crippen LogP contribution in [0.15, 0.2) is 12.2 Å². The van der Waals surface area contributed by atoms with Gasteiger partial charge in [-0.05, 0) is 75.0 Å². The summed E-state index contributed by atoms with van der Waals surface area (Å²) >= 11 is 0. The van der Waals surface area contributed by atoms with Crippen molar-refractivity contribution in [2.24, 2.45) is 17.3 Å². The van der Waals surface area contributed by atoms with Crippen LogP contribution in [0, 0.1) is 17.3 Å². The zero-order valence-corrected chi connectivity index (χ0v) is 16.2. The van der Waals surface area contributed by atoms with Crippen LogP contribution < -0.4 is 0 Å². The summed E-state index contributed by atoms with van der Waals surface area (Å²) in [5, 5.41) is 0. The van der Waals surface area contributed by atoms with Crippen molar-refractivity contribution in [3.63, 3.8) is 0 Å². The van der Waals surface area contributed by atoms with Gasteiger partial charge in [-0.3, -0.25) is 0 Å². The quantitative estimate of drug-likeness (QED) is 0.314. The van der Waals surface area contributed by atoms with Crippen LogP contribution in [0.3, 0.4) is 0 Å². The number of hydrogen-bond donors (Lipinski definition) is 0. The highest BCUT2D eigenvalue weighted by Gasteiger charge is 2.41. The molecular formula is C22H40O. The Morgan fingerprint density at radius 1 is 1.09 bits per heavy atom. The van der Waals surface area contributed by atoms with Gasteiger partial charge in [0.05, 0.1) is 5.60 Å². The van der Waals surface area contributed by atoms with E-state index in [9.17, 15) is 0 Å². The second kappa shape index (κ2) is 8.70. The fourth-order valence-corrected chi connectivity index (χ4v) is 5.12. The van der Waals surface area contributed by atoms with Crippen molar-refractivity contribution >= 4 is 0 Å². The largest absolute Gasteiger partial charge is 0.371 e. The monoisotopic (exact) mass is 320 g/mol. The molecule has 0 spiro atoms. The minimum Gasteiger partial charge on any atom is -0.371 e. The lowest BCUT2D eigenvalue weighted by atomic mass is 9.57. The third-order valence-corrected chi connectivity index (χ3v) is 6.50. The molecule has 0 aromatic carbocycles. The van der Waals surface area contributed by atoms with E-state index in [1.54, 1.807) is 0 Å². The highest BCUT2D eigenvalue weighted by molar-refractivity contribution is 5.07. The molecule has 1 unspecified atom stereocenters. The van der Waals surface area contributed by atoms with E-state index in [2.05, 4.69) is 39.8 Å². The van der Waals surface area contributed by atoms with E-state index in [4.69, 9.17) is 4.74 Å². The average Bonchev–Trinajstić information content (AvgIpc) is 2.52. The van der Waals surface area contributed by atoms with Crippen molar-refractivity contribution in [2.75, 3.05) is 6.61 Å². The third kappa shape index (κ3) is 5.08. The van der Waals surface area contributed by atoms with Gasteiger partial charge in [-0.25, -0.2) is 0 Å². The summed E-state index contributed by atoms with van der Waals surface area (Å²) in [5.74, 6) is 1.72. The Labute approximate surface area is 145 Å². The minimum atomic E-state index is 0.0559. The molecule has 2 rings (SSSR count). The van der Waals surface area contributed by atoms with Crippen LogP contribution in [0.4, 0.5) is 0 Å². The first-order valence-corrected chi connectivity index (χ1v) is 10.4. The number of ether oxygens (including phenoxy) is 1. The lowest BCUT2D eigenvalue weighted by Crippen LogP contribution is -2.37. The molecule has 134 valence electrons. The Balaban J connectivity index is 1.66. The molecule has 23 heavy (non-hydrogen) atoms. The molecule has 0 aromatic rings. The summed E-state index contributed by atoms with van der Waals surface area (Å²) in [6.07, 6.45) is 19.6. The minimum absolute atomic E-state index is 0.0559. The molecule has 0 amide bonds. The Hall–Kier alpha value is -0.300. The number of rotatable bonds is 10. The predicted molar refractivity (Wildman–Crippen MR) is 101 cm³/mol. The van der Waals surface area contributed by atoms with E-state index < -0.39 is 0 Å². The van der Waals surface area contributed by atoms with E-state index in [-0.39, 0.29) is 5.60 Å². The van der Waals surface area contributed by atoms with Crippen LogP contribution >= 0.6 is 0 Å². The number of hydrogen-bond acceptors (Lipinski definition) is 1. The van der Waals surface area contributed by atoms with Crippen LogP contribution in [0.25, 0.3) is 0 Å². The second-order valence-corrected chi connectivity index (χ2v) is 8.56. The first-order valence-electron chi connectivity index (χ1n) is 10.4. The van der Waals surface area contributed by atoms with Crippen LogP contribution in [-0.2, 0) is 4.74 Å². The Morgan fingerprint density at radius 3 is 2.30 bits per heavy atom. The Morgan fingerprint density at radius 2 is 1.78 bits per heavy atom. The van der Waals surface area contributed by atoms with Crippen LogP contribution in [0.1, 0.15) is 98.3 Å². The molecule has 0 saturated heterocycles. The van der Waals surface area contributed by atoms with Crippen LogP contribution in [-0.4, -0.2) is 12.2 Å². The molecule has 0 bridgehead atoms. The van der Waals surface area contributed by atoms with Gasteiger partial charge in [0, 0.05) is 6.61 Å². The standard InChI is InChI=1S/C22H40O/c1-5-12-21(13-6-2)17-20(18-21)9-8-16-23-22(7-3)14-10-19(4)11-15-22/h10,14,19-20H,5-9,11-13,15-18H2,1-4H3/t19?,22-/m0/s1. The first-order chi connectivity index (χ1) is 11.1. The molecule has 2 aliphatic rings. The molecule has 1 nitrogen and oxygen atoms in total. The molecule has 0 aliphatic heterocycles. The summed E-state index contributed by atoms with van der Waals surface area (Å²) in [4.78, 5) is 0. The van der Waals surface area contributed by atoms with Crippen molar-refractivity contribution < 1.29 is 4.74 Å². The lowest BCUT2D eigenvalue weighted by molar-refractivity contribution is -0.0333. The molecule has 1 saturated carbocycles. The molecule has 0 radical (unpaired) electrons. The van der Waals surface area contributed by atoms with Crippen LogP contribution in [0.5, 0.6) is 0 Å². The maximum Gasteiger partial charge on any atom is 0.0860 e. The van der Waals surface area contributed by atoms with Crippen molar-refractivity contribution in [1.82, 2.24) is 0 Å². The van der Waals surface area contributed by atoms with E-state index >= 15 is 0 Å². The molecule has 0 N–H and O–H groups in total. The van der Waals surface area contributed by atoms with Crippen molar-refractivity contribution in [2.45, 2.75) is 104 Å². The van der Waals surface area contributed by atoms with Gasteiger partial charge in [-0.2, -0.15) is 0 Å². The summed E-state index contributed by atoms with van der Waals surface area (Å²) in [5.41, 5.74) is 0.780. The van der Waals surface area contributed by atoms with E-state index in [0.29, 0.717) is 0 Å². The van der Waals surface area contributed by atoms with Gasteiger partial charge in [0.15, 0.2) is 0 Å². The number of allylic oxidation sites excluding steroid dienone is 1. The third-order valence-electron chi connectivity index (χ3n) is 6.50. The molecule has 0 aromatic heterocycles. The first kappa shape index (κ1) is 19.0. The van der Waals surface area contributed by atoms with Gasteiger partial charge >= 0.3 is 0 Å². The highest BCUT2D eigenvalue weighted by atomic mass is 16.5. The van der Waals surface area contributed by atoms with Gasteiger partial charge in [-0.1, -0.05) is 52.7 Å². The van der Waals surface area contributed by atoms with Crippen LogP contribution in [0.2, 0.25) is 0 Å². The van der Waals surface area contributed by atoms with Crippen molar-refractivity contribution in [1.29, 1.82) is 0 Å². The SMILES string of the molecule is CCCC1(CCC)CC(CCCO[C@@]2(CC)C=CC(C)CC2)C1. The second-order valence-electron chi connectivity index (χ2n) is 8.56. The fourth-order valence-electron chi connectivity index (χ4n) is 5.12. The smallest absolute Gasteiger partial charge is 0.0860 e. The van der Waals surface area contributed by atoms with Crippen molar-refractivity contribution in [3.8, 4) is 0 Å². The predicted octanol–water partition coefficient (Wildman–Crippen LogP) is 6.91. The maximum absolute atomic E-state index is 6.35. The Kier molecular flexibility index (Phi) is 7.19. The van der Waals surface area contributed by atoms with E-state index in [0.717, 1.165) is 30.3 Å². The molecule has 1 fully saturated rings. The van der Waals surface area contributed by atoms with Gasteiger partial charge in [0.1, 0.15) is 0 Å².